The zero-order valence-corrected chi connectivity index (χ0v) is 15.2. The summed E-state index contributed by atoms with van der Waals surface area (Å²) in [5.74, 6) is -0.600. The summed E-state index contributed by atoms with van der Waals surface area (Å²) in [4.78, 5) is 16.5. The lowest BCUT2D eigenvalue weighted by molar-refractivity contribution is -0.116. The van der Waals surface area contributed by atoms with Gasteiger partial charge in [0.05, 0.1) is 11.8 Å². The Balaban J connectivity index is 1.64. The molecular weight excluding hydrogens is 356 g/mol. The zero-order chi connectivity index (χ0) is 17.8. The summed E-state index contributed by atoms with van der Waals surface area (Å²) in [5.41, 5.74) is 2.77. The van der Waals surface area contributed by atoms with Crippen LogP contribution in [0.15, 0.2) is 39.3 Å². The third-order valence-electron chi connectivity index (χ3n) is 3.38. The average molecular weight is 370 g/mol. The normalized spacial score (nSPS) is 11.9. The molecule has 0 fully saturated rings. The molecule has 0 N–H and O–H groups in total. The molecule has 3 rings (SSSR count). The highest BCUT2D eigenvalue weighted by atomic mass is 32.2. The number of rotatable bonds is 6. The molecule has 0 aliphatic carbocycles. The van der Waals surface area contributed by atoms with Crippen LogP contribution in [0.25, 0.3) is 11.5 Å². The summed E-state index contributed by atoms with van der Waals surface area (Å²) in [7, 11) is 0. The van der Waals surface area contributed by atoms with Crippen molar-refractivity contribution in [1.29, 1.82) is 5.26 Å². The summed E-state index contributed by atoms with van der Waals surface area (Å²) in [6.07, 6.45) is 0. The first kappa shape index (κ1) is 17.3. The van der Waals surface area contributed by atoms with Gasteiger partial charge in [0.25, 0.3) is 5.22 Å². The van der Waals surface area contributed by atoms with Gasteiger partial charge in [0, 0.05) is 16.6 Å². The van der Waals surface area contributed by atoms with Crippen LogP contribution in [0.4, 0.5) is 0 Å². The van der Waals surface area contributed by atoms with E-state index in [0.29, 0.717) is 16.1 Å². The van der Waals surface area contributed by atoms with Gasteiger partial charge in [-0.15, -0.1) is 21.5 Å². The fraction of sp³-hybridized carbons (Fsp3) is 0.235. The first-order valence-corrected chi connectivity index (χ1v) is 9.31. The smallest absolute Gasteiger partial charge is 0.277 e. The van der Waals surface area contributed by atoms with Crippen molar-refractivity contribution < 1.29 is 9.21 Å². The summed E-state index contributed by atoms with van der Waals surface area (Å²) >= 11 is 2.45. The van der Waals surface area contributed by atoms with Gasteiger partial charge in [-0.2, -0.15) is 5.26 Å². The van der Waals surface area contributed by atoms with Crippen LogP contribution >= 0.6 is 23.1 Å². The minimum atomic E-state index is -0.856. The number of hydrogen-bond donors (Lipinski definition) is 0. The van der Waals surface area contributed by atoms with E-state index in [9.17, 15) is 10.1 Å². The Kier molecular flexibility index (Phi) is 5.26. The van der Waals surface area contributed by atoms with Crippen molar-refractivity contribution in [2.24, 2.45) is 0 Å². The molecule has 2 aromatic heterocycles. The predicted molar refractivity (Wildman–Crippen MR) is 95.4 cm³/mol. The van der Waals surface area contributed by atoms with Crippen LogP contribution in [0, 0.1) is 25.2 Å². The lowest BCUT2D eigenvalue weighted by Crippen LogP contribution is -2.13. The molecule has 126 valence electrons. The lowest BCUT2D eigenvalue weighted by Gasteiger charge is -2.02. The van der Waals surface area contributed by atoms with E-state index in [1.54, 1.807) is 0 Å². The third kappa shape index (κ3) is 4.13. The van der Waals surface area contributed by atoms with Crippen LogP contribution < -0.4 is 0 Å². The molecule has 0 bridgehead atoms. The largest absolute Gasteiger partial charge is 0.411 e. The van der Waals surface area contributed by atoms with Gasteiger partial charge in [0.2, 0.25) is 5.89 Å². The van der Waals surface area contributed by atoms with E-state index >= 15 is 0 Å². The van der Waals surface area contributed by atoms with Crippen molar-refractivity contribution in [3.63, 3.8) is 0 Å². The molecule has 0 unspecified atom stereocenters. The molecule has 1 atom stereocenters. The summed E-state index contributed by atoms with van der Waals surface area (Å²) in [6.45, 7) is 3.83. The highest BCUT2D eigenvalue weighted by molar-refractivity contribution is 7.99. The molecule has 3 aromatic rings. The van der Waals surface area contributed by atoms with Gasteiger partial charge in [-0.25, -0.2) is 4.98 Å². The number of Topliss-reactive ketones (excluding diaryl/α,β-unsaturated/α-hetero) is 1. The van der Waals surface area contributed by atoms with Crippen LogP contribution in [-0.4, -0.2) is 26.7 Å². The molecular formula is C17H14N4O2S2. The number of nitriles is 1. The van der Waals surface area contributed by atoms with E-state index in [-0.39, 0.29) is 11.5 Å². The van der Waals surface area contributed by atoms with E-state index < -0.39 is 5.92 Å². The summed E-state index contributed by atoms with van der Waals surface area (Å²) in [6, 6.07) is 9.75. The zero-order valence-electron chi connectivity index (χ0n) is 13.6. The maximum Gasteiger partial charge on any atom is 0.277 e. The van der Waals surface area contributed by atoms with Crippen molar-refractivity contribution in [2.45, 2.75) is 25.0 Å². The SMILES string of the molecule is Cc1ccc(-c2nnc(SCC(=O)[C@@H](C#N)c3nc(C)cs3)o2)cc1. The first-order valence-electron chi connectivity index (χ1n) is 7.44. The molecule has 0 aliphatic rings. The van der Waals surface area contributed by atoms with Gasteiger partial charge in [-0.3, -0.25) is 4.79 Å². The molecule has 0 aliphatic heterocycles. The van der Waals surface area contributed by atoms with E-state index in [1.165, 1.54) is 11.3 Å². The average Bonchev–Trinajstić information content (AvgIpc) is 3.24. The van der Waals surface area contributed by atoms with Gasteiger partial charge in [-0.1, -0.05) is 29.5 Å². The summed E-state index contributed by atoms with van der Waals surface area (Å²) < 4.78 is 5.58. The number of ketones is 1. The predicted octanol–water partition coefficient (Wildman–Crippen LogP) is 3.78. The van der Waals surface area contributed by atoms with Gasteiger partial charge < -0.3 is 4.42 Å². The van der Waals surface area contributed by atoms with E-state index in [0.717, 1.165) is 28.6 Å². The van der Waals surface area contributed by atoms with E-state index in [2.05, 4.69) is 15.2 Å². The third-order valence-corrected chi connectivity index (χ3v) is 5.25. The standard InChI is InChI=1S/C17H14N4O2S2/c1-10-3-5-12(6-4-10)15-20-21-17(23-15)25-9-14(22)13(7-18)16-19-11(2)8-24-16/h3-6,8,13H,9H2,1-2H3/t13-/m1/s1. The van der Waals surface area contributed by atoms with Gasteiger partial charge in [0.15, 0.2) is 11.7 Å². The fourth-order valence-corrected chi connectivity index (χ4v) is 3.60. The number of benzene rings is 1. The topological polar surface area (TPSA) is 92.7 Å². The van der Waals surface area contributed by atoms with Gasteiger partial charge in [-0.05, 0) is 26.0 Å². The maximum atomic E-state index is 12.3. The van der Waals surface area contributed by atoms with Crippen LogP contribution in [-0.2, 0) is 4.79 Å². The van der Waals surface area contributed by atoms with Crippen LogP contribution in [0.2, 0.25) is 0 Å². The quantitative estimate of drug-likeness (QED) is 0.610. The summed E-state index contributed by atoms with van der Waals surface area (Å²) in [5, 5.41) is 19.9. The molecule has 0 radical (unpaired) electrons. The van der Waals surface area contributed by atoms with Crippen LogP contribution in [0.5, 0.6) is 0 Å². The molecule has 8 heteroatoms. The highest BCUT2D eigenvalue weighted by Gasteiger charge is 2.24. The second-order valence-electron chi connectivity index (χ2n) is 5.38. The fourth-order valence-electron chi connectivity index (χ4n) is 2.07. The Labute approximate surface area is 152 Å². The Morgan fingerprint density at radius 3 is 2.72 bits per heavy atom. The number of carbonyl (C=O) groups excluding carboxylic acids is 1. The van der Waals surface area contributed by atoms with E-state index in [1.807, 2.05) is 49.6 Å². The Morgan fingerprint density at radius 1 is 1.32 bits per heavy atom. The number of hydrogen-bond acceptors (Lipinski definition) is 8. The maximum absolute atomic E-state index is 12.3. The number of aryl methyl sites for hydroxylation is 2. The lowest BCUT2D eigenvalue weighted by atomic mass is 10.1. The molecule has 2 heterocycles. The Bertz CT molecular complexity index is 925. The van der Waals surface area contributed by atoms with Crippen molar-refractivity contribution in [3.8, 4) is 17.5 Å². The Hall–Kier alpha value is -2.50. The van der Waals surface area contributed by atoms with Gasteiger partial charge >= 0.3 is 0 Å². The number of aromatic nitrogens is 3. The molecule has 1 aromatic carbocycles. The number of nitrogens with zero attached hydrogens (tertiary/aromatic N) is 4. The van der Waals surface area contributed by atoms with Crippen molar-refractivity contribution in [3.05, 3.63) is 45.9 Å². The molecule has 0 saturated carbocycles. The monoisotopic (exact) mass is 370 g/mol. The second kappa shape index (κ2) is 7.59. The minimum absolute atomic E-state index is 0.0758. The van der Waals surface area contributed by atoms with Crippen LogP contribution in [0.1, 0.15) is 22.2 Å². The van der Waals surface area contributed by atoms with Gasteiger partial charge in [0.1, 0.15) is 5.01 Å². The molecule has 0 amide bonds. The molecule has 0 spiro atoms. The number of carbonyl (C=O) groups is 1. The number of thiazole rings is 1. The van der Waals surface area contributed by atoms with Crippen molar-refractivity contribution in [1.82, 2.24) is 15.2 Å². The molecule has 6 nitrogen and oxygen atoms in total. The van der Waals surface area contributed by atoms with Crippen LogP contribution in [0.3, 0.4) is 0 Å². The second-order valence-corrected chi connectivity index (χ2v) is 7.20. The minimum Gasteiger partial charge on any atom is -0.411 e. The molecule has 0 saturated heterocycles. The Morgan fingerprint density at radius 2 is 2.08 bits per heavy atom. The molecule has 25 heavy (non-hydrogen) atoms. The highest BCUT2D eigenvalue weighted by Crippen LogP contribution is 2.26. The number of thioether (sulfide) groups is 1. The van der Waals surface area contributed by atoms with Crippen molar-refractivity contribution >= 4 is 28.9 Å². The first-order chi connectivity index (χ1) is 12.1. The van der Waals surface area contributed by atoms with Crippen molar-refractivity contribution in [2.75, 3.05) is 5.75 Å². The van der Waals surface area contributed by atoms with E-state index in [4.69, 9.17) is 4.42 Å².